The molecule has 0 atom stereocenters. The fourth-order valence-electron chi connectivity index (χ4n) is 1.88. The van der Waals surface area contributed by atoms with E-state index in [-0.39, 0.29) is 18.4 Å². The van der Waals surface area contributed by atoms with Gasteiger partial charge in [-0.15, -0.1) is 0 Å². The fourth-order valence-corrected chi connectivity index (χ4v) is 1.88. The minimum Gasteiger partial charge on any atom is -0.495 e. The van der Waals surface area contributed by atoms with Crippen LogP contribution >= 0.6 is 0 Å². The number of carbonyl (C=O) groups excluding carboxylic acids is 2. The van der Waals surface area contributed by atoms with E-state index in [1.807, 2.05) is 0 Å². The van der Waals surface area contributed by atoms with Gasteiger partial charge in [-0.25, -0.2) is 0 Å². The SMILES string of the molecule is CNC(=O)c1ccc(OC)c(NC(=O)COCC2CC2)c1. The number of rotatable bonds is 7. The van der Waals surface area contributed by atoms with E-state index in [4.69, 9.17) is 9.47 Å². The highest BCUT2D eigenvalue weighted by Crippen LogP contribution is 2.29. The van der Waals surface area contributed by atoms with Crippen LogP contribution in [0.2, 0.25) is 0 Å². The van der Waals surface area contributed by atoms with Crippen molar-refractivity contribution in [3.05, 3.63) is 23.8 Å². The van der Waals surface area contributed by atoms with Crippen molar-refractivity contribution in [3.63, 3.8) is 0 Å². The highest BCUT2D eigenvalue weighted by atomic mass is 16.5. The maximum atomic E-state index is 11.8. The van der Waals surface area contributed by atoms with Gasteiger partial charge in [0.2, 0.25) is 5.91 Å². The summed E-state index contributed by atoms with van der Waals surface area (Å²) in [6.07, 6.45) is 2.37. The largest absolute Gasteiger partial charge is 0.495 e. The standard InChI is InChI=1S/C15H20N2O4/c1-16-15(19)11-5-6-13(20-2)12(7-11)17-14(18)9-21-8-10-3-4-10/h5-7,10H,3-4,8-9H2,1-2H3,(H,16,19)(H,17,18). The summed E-state index contributed by atoms with van der Waals surface area (Å²) in [6, 6.07) is 4.86. The molecule has 0 bridgehead atoms. The Bertz CT molecular complexity index is 526. The Hall–Kier alpha value is -2.08. The van der Waals surface area contributed by atoms with Crippen LogP contribution in [0.1, 0.15) is 23.2 Å². The van der Waals surface area contributed by atoms with Crippen molar-refractivity contribution in [2.24, 2.45) is 5.92 Å². The van der Waals surface area contributed by atoms with Gasteiger partial charge in [-0.3, -0.25) is 9.59 Å². The Morgan fingerprint density at radius 1 is 1.33 bits per heavy atom. The van der Waals surface area contributed by atoms with Crippen LogP contribution in [0, 0.1) is 5.92 Å². The first-order valence-corrected chi connectivity index (χ1v) is 6.91. The van der Waals surface area contributed by atoms with Gasteiger partial charge in [0.1, 0.15) is 12.4 Å². The molecule has 114 valence electrons. The molecular formula is C15H20N2O4. The molecule has 2 amide bonds. The number of hydrogen-bond acceptors (Lipinski definition) is 4. The van der Waals surface area contributed by atoms with Crippen LogP contribution in [0.5, 0.6) is 5.75 Å². The molecule has 0 aromatic heterocycles. The van der Waals surface area contributed by atoms with Gasteiger partial charge in [-0.2, -0.15) is 0 Å². The van der Waals surface area contributed by atoms with Gasteiger partial charge in [0.05, 0.1) is 19.4 Å². The van der Waals surface area contributed by atoms with Crippen molar-refractivity contribution in [2.75, 3.05) is 32.7 Å². The molecule has 0 spiro atoms. The second-order valence-electron chi connectivity index (χ2n) is 5.00. The first-order valence-electron chi connectivity index (χ1n) is 6.91. The molecular weight excluding hydrogens is 272 g/mol. The van der Waals surface area contributed by atoms with Crippen molar-refractivity contribution in [2.45, 2.75) is 12.8 Å². The van der Waals surface area contributed by atoms with Crippen molar-refractivity contribution in [1.29, 1.82) is 0 Å². The van der Waals surface area contributed by atoms with Crippen LogP contribution in [0.3, 0.4) is 0 Å². The molecule has 0 heterocycles. The number of carbonyl (C=O) groups is 2. The summed E-state index contributed by atoms with van der Waals surface area (Å²) in [5.41, 5.74) is 0.908. The van der Waals surface area contributed by atoms with Crippen LogP contribution in [-0.2, 0) is 9.53 Å². The summed E-state index contributed by atoms with van der Waals surface area (Å²) in [7, 11) is 3.06. The zero-order chi connectivity index (χ0) is 15.2. The van der Waals surface area contributed by atoms with E-state index in [0.29, 0.717) is 29.5 Å². The van der Waals surface area contributed by atoms with E-state index in [1.165, 1.54) is 20.0 Å². The Balaban J connectivity index is 1.98. The predicted molar refractivity (Wildman–Crippen MR) is 78.6 cm³/mol. The molecule has 1 saturated carbocycles. The molecule has 21 heavy (non-hydrogen) atoms. The minimum atomic E-state index is -0.261. The fraction of sp³-hybridized carbons (Fsp3) is 0.467. The van der Waals surface area contributed by atoms with Crippen molar-refractivity contribution in [3.8, 4) is 5.75 Å². The van der Waals surface area contributed by atoms with Crippen molar-refractivity contribution < 1.29 is 19.1 Å². The third kappa shape index (κ3) is 4.46. The molecule has 0 aliphatic heterocycles. The minimum absolute atomic E-state index is 0.00383. The lowest BCUT2D eigenvalue weighted by Crippen LogP contribution is -2.21. The number of amides is 2. The van der Waals surface area contributed by atoms with Crippen LogP contribution in [0.25, 0.3) is 0 Å². The highest BCUT2D eigenvalue weighted by molar-refractivity contribution is 5.98. The van der Waals surface area contributed by atoms with Gasteiger partial charge in [-0.1, -0.05) is 0 Å². The number of hydrogen-bond donors (Lipinski definition) is 2. The Kier molecular flexibility index (Phi) is 5.16. The van der Waals surface area contributed by atoms with Crippen LogP contribution in [0.15, 0.2) is 18.2 Å². The first kappa shape index (κ1) is 15.3. The topological polar surface area (TPSA) is 76.7 Å². The molecule has 1 aromatic rings. The molecule has 0 radical (unpaired) electrons. The number of nitrogens with one attached hydrogen (secondary N) is 2. The second kappa shape index (κ2) is 7.08. The van der Waals surface area contributed by atoms with Crippen LogP contribution < -0.4 is 15.4 Å². The molecule has 2 rings (SSSR count). The maximum absolute atomic E-state index is 11.8. The molecule has 6 heteroatoms. The lowest BCUT2D eigenvalue weighted by atomic mass is 10.1. The molecule has 6 nitrogen and oxygen atoms in total. The summed E-state index contributed by atoms with van der Waals surface area (Å²) in [4.78, 5) is 23.5. The van der Waals surface area contributed by atoms with Gasteiger partial charge >= 0.3 is 0 Å². The molecule has 1 aromatic carbocycles. The van der Waals surface area contributed by atoms with Gasteiger partial charge in [0.25, 0.3) is 5.91 Å². The van der Waals surface area contributed by atoms with E-state index >= 15 is 0 Å². The molecule has 1 aliphatic rings. The lowest BCUT2D eigenvalue weighted by molar-refractivity contribution is -0.120. The normalized spacial score (nSPS) is 13.6. The number of methoxy groups -OCH3 is 1. The second-order valence-corrected chi connectivity index (χ2v) is 5.00. The molecule has 0 saturated heterocycles. The summed E-state index contributed by atoms with van der Waals surface area (Å²) in [6.45, 7) is 0.632. The highest BCUT2D eigenvalue weighted by Gasteiger charge is 2.21. The van der Waals surface area contributed by atoms with Crippen LogP contribution in [0.4, 0.5) is 5.69 Å². The zero-order valence-electron chi connectivity index (χ0n) is 12.3. The maximum Gasteiger partial charge on any atom is 0.251 e. The Labute approximate surface area is 123 Å². The number of ether oxygens (including phenoxy) is 2. The number of anilines is 1. The van der Waals surface area contributed by atoms with Crippen LogP contribution in [-0.4, -0.2) is 39.2 Å². The lowest BCUT2D eigenvalue weighted by Gasteiger charge is -2.12. The Morgan fingerprint density at radius 2 is 2.10 bits per heavy atom. The predicted octanol–water partition coefficient (Wildman–Crippen LogP) is 1.42. The average Bonchev–Trinajstić information content (AvgIpc) is 3.30. The third-order valence-electron chi connectivity index (χ3n) is 3.25. The van der Waals surface area contributed by atoms with Gasteiger partial charge in [0.15, 0.2) is 0 Å². The van der Waals surface area contributed by atoms with Gasteiger partial charge in [-0.05, 0) is 37.0 Å². The Morgan fingerprint density at radius 3 is 2.71 bits per heavy atom. The zero-order valence-corrected chi connectivity index (χ0v) is 12.3. The third-order valence-corrected chi connectivity index (χ3v) is 3.25. The summed E-state index contributed by atoms with van der Waals surface area (Å²) in [5.74, 6) is 0.628. The summed E-state index contributed by atoms with van der Waals surface area (Å²) < 4.78 is 10.5. The quantitative estimate of drug-likeness (QED) is 0.797. The molecule has 1 fully saturated rings. The average molecular weight is 292 g/mol. The summed E-state index contributed by atoms with van der Waals surface area (Å²) >= 11 is 0. The van der Waals surface area contributed by atoms with Gasteiger partial charge < -0.3 is 20.1 Å². The van der Waals surface area contributed by atoms with E-state index in [9.17, 15) is 9.59 Å². The van der Waals surface area contributed by atoms with E-state index in [0.717, 1.165) is 0 Å². The first-order chi connectivity index (χ1) is 10.1. The van der Waals surface area contributed by atoms with E-state index in [2.05, 4.69) is 10.6 Å². The van der Waals surface area contributed by atoms with E-state index in [1.54, 1.807) is 25.2 Å². The molecule has 2 N–H and O–H groups in total. The smallest absolute Gasteiger partial charge is 0.251 e. The number of benzene rings is 1. The van der Waals surface area contributed by atoms with Crippen molar-refractivity contribution >= 4 is 17.5 Å². The molecule has 1 aliphatic carbocycles. The van der Waals surface area contributed by atoms with E-state index < -0.39 is 0 Å². The summed E-state index contributed by atoms with van der Waals surface area (Å²) in [5, 5.41) is 5.24. The van der Waals surface area contributed by atoms with Crippen molar-refractivity contribution in [1.82, 2.24) is 5.32 Å². The van der Waals surface area contributed by atoms with Gasteiger partial charge in [0, 0.05) is 12.6 Å². The monoisotopic (exact) mass is 292 g/mol. The molecule has 0 unspecified atom stereocenters.